The van der Waals surface area contributed by atoms with Crippen molar-refractivity contribution in [2.75, 3.05) is 19.6 Å². The van der Waals surface area contributed by atoms with Crippen molar-refractivity contribution in [1.82, 2.24) is 40.5 Å². The minimum absolute atomic E-state index is 0.0497. The summed E-state index contributed by atoms with van der Waals surface area (Å²) in [5.41, 5.74) is 8.33. The number of carbonyl (C=O) groups is 2. The second-order valence-corrected chi connectivity index (χ2v) is 14.7. The van der Waals surface area contributed by atoms with E-state index >= 15 is 0 Å². The summed E-state index contributed by atoms with van der Waals surface area (Å²) in [7, 11) is 0. The zero-order valence-electron chi connectivity index (χ0n) is 32.8. The number of H-pyrrole nitrogens is 1. The lowest BCUT2D eigenvalue weighted by atomic mass is 9.95. The van der Waals surface area contributed by atoms with Gasteiger partial charge in [0.15, 0.2) is 6.23 Å². The third kappa shape index (κ3) is 10.6. The summed E-state index contributed by atoms with van der Waals surface area (Å²) in [4.78, 5) is 55.1. The fourth-order valence-corrected chi connectivity index (χ4v) is 7.21. The number of oxazole rings is 1. The molecule has 4 heterocycles. The van der Waals surface area contributed by atoms with Gasteiger partial charge in [0, 0.05) is 43.6 Å². The number of nitrogens with one attached hydrogen (secondary N) is 3. The Labute approximate surface area is 332 Å². The van der Waals surface area contributed by atoms with Crippen LogP contribution in [0.4, 0.5) is 4.79 Å². The van der Waals surface area contributed by atoms with Crippen molar-refractivity contribution in [3.63, 3.8) is 0 Å². The number of aliphatic hydroxyl groups excluding tert-OH is 2. The van der Waals surface area contributed by atoms with E-state index in [-0.39, 0.29) is 42.4 Å². The lowest BCUT2D eigenvalue weighted by Gasteiger charge is -2.35. The highest BCUT2D eigenvalue weighted by atomic mass is 16.4. The Kier molecular flexibility index (Phi) is 13.6. The predicted molar refractivity (Wildman–Crippen MR) is 215 cm³/mol. The van der Waals surface area contributed by atoms with Crippen molar-refractivity contribution in [3.05, 3.63) is 142 Å². The summed E-state index contributed by atoms with van der Waals surface area (Å²) in [6, 6.07) is 27.0. The third-order valence-electron chi connectivity index (χ3n) is 10.4. The SMILES string of the molecule is CC[C@H](C)[C@@H](C(=O)N[C@@H](Cc1ccccc1)[C@@H](O)CN(Cc1ccc(-c2ccccn2)cc1)NC(O)c1[nH]c(=O)oc1C)N1CCN(Cc2cccc(C)n2)C1=O. The first kappa shape index (κ1) is 41.0. The maximum Gasteiger partial charge on any atom is 0.416 e. The van der Waals surface area contributed by atoms with Crippen LogP contribution in [0.2, 0.25) is 0 Å². The molecule has 1 aliphatic heterocycles. The number of hydrogen-bond donors (Lipinski definition) is 5. The summed E-state index contributed by atoms with van der Waals surface area (Å²) in [6.45, 7) is 8.78. The molecule has 5 N–H and O–H groups in total. The van der Waals surface area contributed by atoms with Crippen molar-refractivity contribution < 1.29 is 24.2 Å². The molecule has 1 saturated heterocycles. The topological polar surface area (TPSA) is 180 Å². The smallest absolute Gasteiger partial charge is 0.413 e. The molecule has 3 aromatic heterocycles. The minimum atomic E-state index is -1.38. The van der Waals surface area contributed by atoms with Crippen molar-refractivity contribution >= 4 is 11.9 Å². The van der Waals surface area contributed by atoms with E-state index in [1.54, 1.807) is 27.9 Å². The number of carbonyl (C=O) groups excluding carboxylic acids is 2. The first-order valence-electron chi connectivity index (χ1n) is 19.4. The molecule has 5 atom stereocenters. The van der Waals surface area contributed by atoms with E-state index in [4.69, 9.17) is 4.42 Å². The van der Waals surface area contributed by atoms with Crippen LogP contribution >= 0.6 is 0 Å². The molecule has 300 valence electrons. The molecular weight excluding hydrogens is 725 g/mol. The predicted octanol–water partition coefficient (Wildman–Crippen LogP) is 4.48. The van der Waals surface area contributed by atoms with Gasteiger partial charge in [0.2, 0.25) is 5.91 Å². The molecule has 0 aliphatic carbocycles. The van der Waals surface area contributed by atoms with Crippen LogP contribution in [0.15, 0.2) is 106 Å². The van der Waals surface area contributed by atoms with E-state index in [0.717, 1.165) is 33.8 Å². The average Bonchev–Trinajstić information content (AvgIpc) is 3.74. The van der Waals surface area contributed by atoms with Gasteiger partial charge in [-0.1, -0.05) is 87.0 Å². The van der Waals surface area contributed by atoms with Gasteiger partial charge in [0.25, 0.3) is 0 Å². The van der Waals surface area contributed by atoms with Gasteiger partial charge in [-0.05, 0) is 61.6 Å². The number of rotatable bonds is 18. The maximum atomic E-state index is 14.5. The first-order chi connectivity index (χ1) is 27.5. The molecule has 2 aromatic carbocycles. The Bertz CT molecular complexity index is 2130. The van der Waals surface area contributed by atoms with Crippen molar-refractivity contribution in [2.24, 2.45) is 5.92 Å². The number of amides is 3. The molecule has 0 spiro atoms. The molecule has 0 saturated carbocycles. The molecule has 0 bridgehead atoms. The van der Waals surface area contributed by atoms with Gasteiger partial charge >= 0.3 is 11.8 Å². The van der Waals surface area contributed by atoms with Gasteiger partial charge in [-0.2, -0.15) is 0 Å². The van der Waals surface area contributed by atoms with Crippen LogP contribution in [-0.2, 0) is 24.3 Å². The summed E-state index contributed by atoms with van der Waals surface area (Å²) in [6.07, 6.45) is 0.132. The number of aromatic amines is 1. The number of nitrogens with zero attached hydrogens (tertiary/aromatic N) is 5. The highest BCUT2D eigenvalue weighted by Crippen LogP contribution is 2.24. The van der Waals surface area contributed by atoms with E-state index in [1.807, 2.05) is 112 Å². The quantitative estimate of drug-likeness (QED) is 0.0630. The van der Waals surface area contributed by atoms with E-state index in [9.17, 15) is 24.6 Å². The van der Waals surface area contributed by atoms with Gasteiger partial charge in [-0.3, -0.25) is 19.7 Å². The van der Waals surface area contributed by atoms with Crippen molar-refractivity contribution in [3.8, 4) is 11.3 Å². The van der Waals surface area contributed by atoms with Crippen LogP contribution < -0.4 is 16.5 Å². The molecule has 14 heteroatoms. The van der Waals surface area contributed by atoms with Gasteiger partial charge in [-0.15, -0.1) is 0 Å². The highest BCUT2D eigenvalue weighted by Gasteiger charge is 2.41. The number of aliphatic hydroxyl groups is 2. The van der Waals surface area contributed by atoms with Gasteiger partial charge in [-0.25, -0.2) is 20.0 Å². The summed E-state index contributed by atoms with van der Waals surface area (Å²) in [5, 5.41) is 28.1. The highest BCUT2D eigenvalue weighted by molar-refractivity contribution is 5.88. The monoisotopic (exact) mass is 776 g/mol. The zero-order valence-corrected chi connectivity index (χ0v) is 32.8. The van der Waals surface area contributed by atoms with Crippen LogP contribution in [0.3, 0.4) is 0 Å². The third-order valence-corrected chi connectivity index (χ3v) is 10.4. The maximum absolute atomic E-state index is 14.5. The molecule has 3 amide bonds. The number of urea groups is 1. The average molecular weight is 777 g/mol. The van der Waals surface area contributed by atoms with Gasteiger partial charge < -0.3 is 29.7 Å². The van der Waals surface area contributed by atoms with Gasteiger partial charge in [0.05, 0.1) is 30.1 Å². The standard InChI is InChI=1S/C43H52N8O6/c1-5-28(2)39(51-23-22-49(43(51)56)26-34-15-11-12-29(3)45-34)41(54)46-36(24-31-13-7-6-8-14-31)37(52)27-50(48-40(53)38-30(4)57-42(55)47-38)25-32-17-19-33(20-18-32)35-16-9-10-21-44-35/h6-21,28,36-37,39-40,48,52-53H,5,22-27H2,1-4H3,(H,46,54)(H,47,55)/t28-,36-,37-,39-,40?/m0/s1. The minimum Gasteiger partial charge on any atom is -0.413 e. The Hall–Kier alpha value is -5.67. The summed E-state index contributed by atoms with van der Waals surface area (Å²) < 4.78 is 5.10. The number of hydrazine groups is 1. The second kappa shape index (κ2) is 19.0. The molecule has 5 aromatic rings. The Morgan fingerprint density at radius 2 is 1.70 bits per heavy atom. The van der Waals surface area contributed by atoms with E-state index in [1.165, 1.54) is 0 Å². The summed E-state index contributed by atoms with van der Waals surface area (Å²) >= 11 is 0. The fraction of sp³-hybridized carbons (Fsp3) is 0.372. The fourth-order valence-electron chi connectivity index (χ4n) is 7.21. The molecule has 1 fully saturated rings. The van der Waals surface area contributed by atoms with E-state index in [0.29, 0.717) is 32.5 Å². The molecule has 1 unspecified atom stereocenters. The van der Waals surface area contributed by atoms with E-state index < -0.39 is 30.2 Å². The molecule has 6 rings (SSSR count). The van der Waals surface area contributed by atoms with Gasteiger partial charge in [0.1, 0.15) is 17.5 Å². The van der Waals surface area contributed by atoms with E-state index in [2.05, 4.69) is 25.7 Å². The molecule has 14 nitrogen and oxygen atoms in total. The number of pyridine rings is 2. The molecule has 1 aliphatic rings. The Balaban J connectivity index is 1.23. The normalized spacial score (nSPS) is 15.7. The van der Waals surface area contributed by atoms with Crippen LogP contribution in [0, 0.1) is 19.8 Å². The largest absolute Gasteiger partial charge is 0.416 e. The number of aryl methyl sites for hydroxylation is 2. The van der Waals surface area contributed by atoms with Crippen LogP contribution in [-0.4, -0.2) is 89.7 Å². The summed E-state index contributed by atoms with van der Waals surface area (Å²) in [5.74, 6) is -1.02. The van der Waals surface area contributed by atoms with Crippen LogP contribution in [0.1, 0.15) is 60.5 Å². The second-order valence-electron chi connectivity index (χ2n) is 14.7. The van der Waals surface area contributed by atoms with Crippen LogP contribution in [0.5, 0.6) is 0 Å². The van der Waals surface area contributed by atoms with Crippen LogP contribution in [0.25, 0.3) is 11.3 Å². The number of aromatic nitrogens is 3. The van der Waals surface area contributed by atoms with Crippen molar-refractivity contribution in [2.45, 2.75) is 78.0 Å². The van der Waals surface area contributed by atoms with Crippen molar-refractivity contribution in [1.29, 1.82) is 0 Å². The number of hydrogen-bond acceptors (Lipinski definition) is 10. The Morgan fingerprint density at radius 3 is 2.37 bits per heavy atom. The molecule has 0 radical (unpaired) electrons. The Morgan fingerprint density at radius 1 is 0.947 bits per heavy atom. The number of benzene rings is 2. The lowest BCUT2D eigenvalue weighted by Crippen LogP contribution is -2.58. The molecular formula is C43H52N8O6. The first-order valence-corrected chi connectivity index (χ1v) is 19.4. The molecule has 57 heavy (non-hydrogen) atoms. The zero-order chi connectivity index (χ0) is 40.5. The lowest BCUT2D eigenvalue weighted by molar-refractivity contribution is -0.128.